The molecule has 0 saturated carbocycles. The summed E-state index contributed by atoms with van der Waals surface area (Å²) in [7, 11) is 0. The summed E-state index contributed by atoms with van der Waals surface area (Å²) in [5.74, 6) is 0. The van der Waals surface area contributed by atoms with Crippen molar-refractivity contribution in [3.05, 3.63) is 47.7 Å². The number of fused-ring (bicyclic) bond motifs is 2. The van der Waals surface area contributed by atoms with Crippen LogP contribution in [0.4, 0.5) is 0 Å². The van der Waals surface area contributed by atoms with Crippen molar-refractivity contribution in [3.8, 4) is 0 Å². The lowest BCUT2D eigenvalue weighted by Crippen LogP contribution is -2.02. The third-order valence-electron chi connectivity index (χ3n) is 2.61. The van der Waals surface area contributed by atoms with E-state index in [1.165, 1.54) is 16.8 Å². The number of allylic oxidation sites excluding steroid dienone is 1. The Morgan fingerprint density at radius 2 is 2.08 bits per heavy atom. The van der Waals surface area contributed by atoms with Crippen molar-refractivity contribution < 1.29 is 4.58 Å². The molecule has 3 rings (SSSR count). The normalized spacial score (nSPS) is 18.3. The number of hydrogen-bond acceptors (Lipinski definition) is 0. The molecule has 0 radical (unpaired) electrons. The third-order valence-corrected chi connectivity index (χ3v) is 2.61. The molecule has 2 heterocycles. The van der Waals surface area contributed by atoms with E-state index in [-0.39, 0.29) is 0 Å². The Kier molecular flexibility index (Phi) is 1.06. The number of benzene rings is 1. The van der Waals surface area contributed by atoms with Crippen molar-refractivity contribution in [2.45, 2.75) is 13.0 Å². The van der Waals surface area contributed by atoms with Gasteiger partial charge in [0, 0.05) is 5.56 Å². The van der Waals surface area contributed by atoms with E-state index in [0.717, 1.165) is 13.0 Å². The maximum atomic E-state index is 2.34. The summed E-state index contributed by atoms with van der Waals surface area (Å²) in [6.45, 7) is 1.07. The maximum absolute atomic E-state index is 2.34. The topological polar surface area (TPSA) is 3.01 Å². The summed E-state index contributed by atoms with van der Waals surface area (Å²) >= 11 is 0. The Hall–Kier alpha value is -1.37. The van der Waals surface area contributed by atoms with Crippen LogP contribution in [-0.4, -0.2) is 10.3 Å². The number of rotatable bonds is 0. The van der Waals surface area contributed by atoms with Gasteiger partial charge in [0.1, 0.15) is 0 Å². The van der Waals surface area contributed by atoms with E-state index in [2.05, 4.69) is 41.1 Å². The Morgan fingerprint density at radius 1 is 1.17 bits per heavy atom. The fraction of sp³-hybridized carbons (Fsp3) is 0.182. The van der Waals surface area contributed by atoms with Gasteiger partial charge in [0.2, 0.25) is 0 Å². The Balaban J connectivity index is 2.21. The molecule has 0 unspecified atom stereocenters. The standard InChI is InChI=1S/C11H10N/c1-2-5-10-9(4-1)8-12-7-3-6-11(10)12/h1-5,7H,6,8H2/q+1. The summed E-state index contributed by atoms with van der Waals surface area (Å²) < 4.78 is 2.34. The molecule has 0 amide bonds. The van der Waals surface area contributed by atoms with Crippen LogP contribution >= 0.6 is 0 Å². The summed E-state index contributed by atoms with van der Waals surface area (Å²) in [4.78, 5) is 0. The second-order valence-corrected chi connectivity index (χ2v) is 3.32. The first-order valence-electron chi connectivity index (χ1n) is 4.32. The van der Waals surface area contributed by atoms with Crippen LogP contribution in [0.5, 0.6) is 0 Å². The minimum Gasteiger partial charge on any atom is -0.198 e. The highest BCUT2D eigenvalue weighted by molar-refractivity contribution is 6.01. The minimum atomic E-state index is 1.07. The molecular formula is C11H10N+. The van der Waals surface area contributed by atoms with Gasteiger partial charge in [0.25, 0.3) is 0 Å². The lowest BCUT2D eigenvalue weighted by molar-refractivity contribution is -0.465. The van der Waals surface area contributed by atoms with E-state index >= 15 is 0 Å². The molecule has 1 nitrogen and oxygen atoms in total. The zero-order chi connectivity index (χ0) is 7.97. The molecule has 0 fully saturated rings. The molecule has 0 spiro atoms. The van der Waals surface area contributed by atoms with Crippen LogP contribution in [0, 0.1) is 0 Å². The SMILES string of the molecule is C1=C[N+]2=C(C1)c1ccccc1C2. The van der Waals surface area contributed by atoms with Crippen LogP contribution < -0.4 is 0 Å². The number of hydrogen-bond donors (Lipinski definition) is 0. The van der Waals surface area contributed by atoms with Crippen LogP contribution in [0.15, 0.2) is 36.5 Å². The predicted molar refractivity (Wildman–Crippen MR) is 48.3 cm³/mol. The lowest BCUT2D eigenvalue weighted by Gasteiger charge is -1.92. The van der Waals surface area contributed by atoms with Crippen molar-refractivity contribution in [1.29, 1.82) is 0 Å². The molecule has 0 saturated heterocycles. The van der Waals surface area contributed by atoms with Gasteiger partial charge in [0.15, 0.2) is 18.5 Å². The molecule has 0 aliphatic carbocycles. The van der Waals surface area contributed by atoms with Crippen molar-refractivity contribution in [1.82, 2.24) is 0 Å². The van der Waals surface area contributed by atoms with Crippen LogP contribution in [0.3, 0.4) is 0 Å². The highest BCUT2D eigenvalue weighted by Crippen LogP contribution is 2.23. The van der Waals surface area contributed by atoms with E-state index < -0.39 is 0 Å². The first-order chi connectivity index (χ1) is 5.95. The summed E-state index contributed by atoms with van der Waals surface area (Å²) in [6.07, 6.45) is 5.53. The first-order valence-corrected chi connectivity index (χ1v) is 4.32. The summed E-state index contributed by atoms with van der Waals surface area (Å²) in [5.41, 5.74) is 4.39. The van der Waals surface area contributed by atoms with Gasteiger partial charge in [-0.3, -0.25) is 0 Å². The predicted octanol–water partition coefficient (Wildman–Crippen LogP) is 1.92. The van der Waals surface area contributed by atoms with Crippen LogP contribution in [-0.2, 0) is 6.54 Å². The monoisotopic (exact) mass is 156 g/mol. The van der Waals surface area contributed by atoms with Crippen LogP contribution in [0.25, 0.3) is 0 Å². The lowest BCUT2D eigenvalue weighted by atomic mass is 10.0. The smallest absolute Gasteiger partial charge is 0.193 e. The zero-order valence-corrected chi connectivity index (χ0v) is 6.83. The maximum Gasteiger partial charge on any atom is 0.193 e. The molecule has 2 aliphatic rings. The van der Waals surface area contributed by atoms with E-state index in [0.29, 0.717) is 0 Å². The molecule has 12 heavy (non-hydrogen) atoms. The van der Waals surface area contributed by atoms with Gasteiger partial charge in [-0.15, -0.1) is 0 Å². The van der Waals surface area contributed by atoms with Crippen LogP contribution in [0.2, 0.25) is 0 Å². The van der Waals surface area contributed by atoms with Crippen molar-refractivity contribution >= 4 is 5.71 Å². The fourth-order valence-corrected chi connectivity index (χ4v) is 2.03. The van der Waals surface area contributed by atoms with E-state index in [4.69, 9.17) is 0 Å². The van der Waals surface area contributed by atoms with E-state index in [9.17, 15) is 0 Å². The summed E-state index contributed by atoms with van der Waals surface area (Å²) in [5, 5.41) is 0. The second-order valence-electron chi connectivity index (χ2n) is 3.32. The minimum absolute atomic E-state index is 1.07. The molecule has 0 N–H and O–H groups in total. The number of nitrogens with zero attached hydrogens (tertiary/aromatic N) is 1. The van der Waals surface area contributed by atoms with E-state index in [1.807, 2.05) is 0 Å². The molecular weight excluding hydrogens is 146 g/mol. The van der Waals surface area contributed by atoms with Gasteiger partial charge in [0.05, 0.1) is 12.0 Å². The largest absolute Gasteiger partial charge is 0.198 e. The molecule has 2 aliphatic heterocycles. The molecule has 0 aromatic heterocycles. The van der Waals surface area contributed by atoms with Gasteiger partial charge in [-0.05, 0) is 12.1 Å². The first kappa shape index (κ1) is 6.18. The van der Waals surface area contributed by atoms with Crippen molar-refractivity contribution in [2.24, 2.45) is 0 Å². The van der Waals surface area contributed by atoms with Crippen LogP contribution in [0.1, 0.15) is 17.5 Å². The van der Waals surface area contributed by atoms with Gasteiger partial charge < -0.3 is 0 Å². The fourth-order valence-electron chi connectivity index (χ4n) is 2.03. The van der Waals surface area contributed by atoms with Gasteiger partial charge in [-0.2, -0.15) is 4.58 Å². The Labute approximate surface area is 71.7 Å². The average molecular weight is 156 g/mol. The summed E-state index contributed by atoms with van der Waals surface area (Å²) in [6, 6.07) is 8.67. The van der Waals surface area contributed by atoms with Gasteiger partial charge in [-0.1, -0.05) is 18.2 Å². The van der Waals surface area contributed by atoms with E-state index in [1.54, 1.807) is 0 Å². The second kappa shape index (κ2) is 2.07. The Morgan fingerprint density at radius 3 is 3.08 bits per heavy atom. The quantitative estimate of drug-likeness (QED) is 0.505. The molecule has 0 bridgehead atoms. The molecule has 1 aromatic rings. The molecule has 58 valence electrons. The molecule has 0 atom stereocenters. The molecule has 1 aromatic carbocycles. The highest BCUT2D eigenvalue weighted by Gasteiger charge is 2.28. The molecule has 1 heteroatoms. The van der Waals surface area contributed by atoms with Gasteiger partial charge in [-0.25, -0.2) is 0 Å². The average Bonchev–Trinajstić information content (AvgIpc) is 2.62. The van der Waals surface area contributed by atoms with Gasteiger partial charge >= 0.3 is 0 Å². The van der Waals surface area contributed by atoms with Crippen molar-refractivity contribution in [3.63, 3.8) is 0 Å². The van der Waals surface area contributed by atoms with Crippen molar-refractivity contribution in [2.75, 3.05) is 0 Å². The third kappa shape index (κ3) is 0.658. The Bertz CT molecular complexity index is 399. The zero-order valence-electron chi connectivity index (χ0n) is 6.83. The highest BCUT2D eigenvalue weighted by atomic mass is 15.0.